The number of rotatable bonds is 7. The fourth-order valence-electron chi connectivity index (χ4n) is 1.47. The summed E-state index contributed by atoms with van der Waals surface area (Å²) in [6.07, 6.45) is 5.60. The molecule has 3 nitrogen and oxygen atoms in total. The molecule has 0 atom stereocenters. The minimum Gasteiger partial charge on any atom is -0.326 e. The lowest BCUT2D eigenvalue weighted by molar-refractivity contribution is 0.323. The Balaban J connectivity index is 2.61. The Kier molecular flexibility index (Phi) is 5.46. The number of pyridine rings is 1. The average molecular weight is 217 g/mol. The number of aromatic nitrogens is 1. The van der Waals surface area contributed by atoms with E-state index in [0.29, 0.717) is 6.54 Å². The van der Waals surface area contributed by atoms with Crippen LogP contribution in [0.3, 0.4) is 0 Å². The lowest BCUT2D eigenvalue weighted by atomic mass is 10.2. The second kappa shape index (κ2) is 6.93. The van der Waals surface area contributed by atoms with E-state index in [0.717, 1.165) is 30.9 Å². The Morgan fingerprint density at radius 3 is 2.38 bits per heavy atom. The number of nitrogens with zero attached hydrogens (tertiary/aromatic N) is 2. The average Bonchev–Trinajstić information content (AvgIpc) is 2.31. The molecule has 1 aromatic rings. The van der Waals surface area contributed by atoms with Gasteiger partial charge in [-0.15, -0.1) is 13.2 Å². The highest BCUT2D eigenvalue weighted by atomic mass is 15.1. The van der Waals surface area contributed by atoms with Gasteiger partial charge in [0.05, 0.1) is 5.69 Å². The smallest absolute Gasteiger partial charge is 0.0544 e. The lowest BCUT2D eigenvalue weighted by Crippen LogP contribution is -2.23. The third-order valence-corrected chi connectivity index (χ3v) is 2.28. The molecule has 0 bridgehead atoms. The topological polar surface area (TPSA) is 42.1 Å². The van der Waals surface area contributed by atoms with Crippen molar-refractivity contribution in [1.29, 1.82) is 0 Å². The zero-order valence-electron chi connectivity index (χ0n) is 9.60. The van der Waals surface area contributed by atoms with Gasteiger partial charge < -0.3 is 5.73 Å². The summed E-state index contributed by atoms with van der Waals surface area (Å²) >= 11 is 0. The minimum absolute atomic E-state index is 0.538. The normalized spacial score (nSPS) is 10.4. The van der Waals surface area contributed by atoms with Gasteiger partial charge in [0.15, 0.2) is 0 Å². The molecule has 0 saturated carbocycles. The van der Waals surface area contributed by atoms with E-state index in [1.54, 1.807) is 0 Å². The molecule has 3 heteroatoms. The summed E-state index contributed by atoms with van der Waals surface area (Å²) in [6.45, 7) is 10.5. The molecular formula is C13H19N3. The fourth-order valence-corrected chi connectivity index (χ4v) is 1.47. The second-order valence-electron chi connectivity index (χ2n) is 3.63. The largest absolute Gasteiger partial charge is 0.326 e. The molecule has 0 aliphatic heterocycles. The van der Waals surface area contributed by atoms with E-state index < -0.39 is 0 Å². The monoisotopic (exact) mass is 217 g/mol. The quantitative estimate of drug-likeness (QED) is 0.707. The van der Waals surface area contributed by atoms with Crippen LogP contribution in [0.5, 0.6) is 0 Å². The van der Waals surface area contributed by atoms with Gasteiger partial charge >= 0.3 is 0 Å². The molecule has 0 radical (unpaired) electrons. The standard InChI is InChI=1S/C13H19N3/c1-3-7-16(8-4-2)11-13-6-5-12(9-14)10-15-13/h3-6,10H,1-2,7-9,11,14H2. The first-order chi connectivity index (χ1) is 7.80. The van der Waals surface area contributed by atoms with Crippen molar-refractivity contribution in [1.82, 2.24) is 9.88 Å². The van der Waals surface area contributed by atoms with E-state index >= 15 is 0 Å². The van der Waals surface area contributed by atoms with Crippen LogP contribution in [-0.2, 0) is 13.1 Å². The molecule has 2 N–H and O–H groups in total. The summed E-state index contributed by atoms with van der Waals surface area (Å²) in [5, 5.41) is 0. The fraction of sp³-hybridized carbons (Fsp3) is 0.308. The van der Waals surface area contributed by atoms with Gasteiger partial charge in [0.1, 0.15) is 0 Å². The number of hydrogen-bond donors (Lipinski definition) is 1. The van der Waals surface area contributed by atoms with Crippen molar-refractivity contribution in [2.24, 2.45) is 5.73 Å². The Labute approximate surface area is 97.3 Å². The predicted octanol–water partition coefficient (Wildman–Crippen LogP) is 1.71. The van der Waals surface area contributed by atoms with Crippen LogP contribution in [0, 0.1) is 0 Å². The number of nitrogens with two attached hydrogens (primary N) is 1. The molecule has 1 heterocycles. The van der Waals surface area contributed by atoms with Crippen LogP contribution in [0.15, 0.2) is 43.6 Å². The highest BCUT2D eigenvalue weighted by Crippen LogP contribution is 2.03. The molecule has 1 aromatic heterocycles. The van der Waals surface area contributed by atoms with Crippen LogP contribution in [0.2, 0.25) is 0 Å². The van der Waals surface area contributed by atoms with Crippen molar-refractivity contribution in [3.63, 3.8) is 0 Å². The Morgan fingerprint density at radius 1 is 1.25 bits per heavy atom. The molecule has 0 aromatic carbocycles. The summed E-state index contributed by atoms with van der Waals surface area (Å²) in [5.74, 6) is 0. The Morgan fingerprint density at radius 2 is 1.94 bits per heavy atom. The maximum atomic E-state index is 5.52. The van der Waals surface area contributed by atoms with Gasteiger partial charge in [0.25, 0.3) is 0 Å². The highest BCUT2D eigenvalue weighted by molar-refractivity contribution is 5.13. The van der Waals surface area contributed by atoms with Gasteiger partial charge in [-0.2, -0.15) is 0 Å². The summed E-state index contributed by atoms with van der Waals surface area (Å²) in [4.78, 5) is 6.58. The van der Waals surface area contributed by atoms with Gasteiger partial charge in [0, 0.05) is 32.4 Å². The van der Waals surface area contributed by atoms with Gasteiger partial charge in [-0.05, 0) is 11.6 Å². The zero-order valence-corrected chi connectivity index (χ0v) is 9.60. The highest BCUT2D eigenvalue weighted by Gasteiger charge is 2.03. The maximum Gasteiger partial charge on any atom is 0.0544 e. The molecule has 0 saturated heterocycles. The molecule has 16 heavy (non-hydrogen) atoms. The second-order valence-corrected chi connectivity index (χ2v) is 3.63. The van der Waals surface area contributed by atoms with Crippen molar-refractivity contribution in [3.05, 3.63) is 54.9 Å². The first kappa shape index (κ1) is 12.6. The summed E-state index contributed by atoms with van der Waals surface area (Å²) in [6, 6.07) is 4.03. The van der Waals surface area contributed by atoms with Crippen molar-refractivity contribution < 1.29 is 0 Å². The third kappa shape index (κ3) is 3.96. The minimum atomic E-state index is 0.538. The van der Waals surface area contributed by atoms with E-state index in [1.165, 1.54) is 0 Å². The van der Waals surface area contributed by atoms with Crippen LogP contribution in [0.1, 0.15) is 11.3 Å². The molecule has 0 unspecified atom stereocenters. The molecule has 0 aliphatic carbocycles. The predicted molar refractivity (Wildman–Crippen MR) is 67.8 cm³/mol. The van der Waals surface area contributed by atoms with Crippen molar-refractivity contribution in [2.75, 3.05) is 13.1 Å². The van der Waals surface area contributed by atoms with Gasteiger partial charge in [-0.3, -0.25) is 9.88 Å². The van der Waals surface area contributed by atoms with Gasteiger partial charge in [-0.1, -0.05) is 18.2 Å². The van der Waals surface area contributed by atoms with Crippen LogP contribution < -0.4 is 5.73 Å². The third-order valence-electron chi connectivity index (χ3n) is 2.28. The van der Waals surface area contributed by atoms with Crippen LogP contribution in [-0.4, -0.2) is 23.0 Å². The van der Waals surface area contributed by atoms with Crippen molar-refractivity contribution in [2.45, 2.75) is 13.1 Å². The van der Waals surface area contributed by atoms with Gasteiger partial charge in [0.2, 0.25) is 0 Å². The van der Waals surface area contributed by atoms with Crippen LogP contribution in [0.4, 0.5) is 0 Å². The first-order valence-corrected chi connectivity index (χ1v) is 5.38. The van der Waals surface area contributed by atoms with Crippen molar-refractivity contribution >= 4 is 0 Å². The lowest BCUT2D eigenvalue weighted by Gasteiger charge is -2.18. The zero-order chi connectivity index (χ0) is 11.8. The van der Waals surface area contributed by atoms with Crippen LogP contribution >= 0.6 is 0 Å². The maximum absolute atomic E-state index is 5.52. The van der Waals surface area contributed by atoms with E-state index in [2.05, 4.69) is 23.0 Å². The molecule has 0 spiro atoms. The molecular weight excluding hydrogens is 198 g/mol. The SMILES string of the molecule is C=CCN(CC=C)Cc1ccc(CN)cn1. The molecule has 0 fully saturated rings. The Bertz CT molecular complexity index is 320. The molecule has 0 aliphatic rings. The summed E-state index contributed by atoms with van der Waals surface area (Å²) in [7, 11) is 0. The molecule has 1 rings (SSSR count). The summed E-state index contributed by atoms with van der Waals surface area (Å²) < 4.78 is 0. The van der Waals surface area contributed by atoms with Crippen molar-refractivity contribution in [3.8, 4) is 0 Å². The van der Waals surface area contributed by atoms with Gasteiger partial charge in [-0.25, -0.2) is 0 Å². The summed E-state index contributed by atoms with van der Waals surface area (Å²) in [5.41, 5.74) is 7.62. The van der Waals surface area contributed by atoms with E-state index in [-0.39, 0.29) is 0 Å². The van der Waals surface area contributed by atoms with E-state index in [9.17, 15) is 0 Å². The first-order valence-electron chi connectivity index (χ1n) is 5.38. The van der Waals surface area contributed by atoms with E-state index in [4.69, 9.17) is 5.73 Å². The molecule has 0 amide bonds. The van der Waals surface area contributed by atoms with E-state index in [1.807, 2.05) is 30.5 Å². The Hall–Kier alpha value is -1.45. The van der Waals surface area contributed by atoms with Crippen LogP contribution in [0.25, 0.3) is 0 Å². The molecule has 86 valence electrons. The number of hydrogen-bond acceptors (Lipinski definition) is 3.